The first-order valence-corrected chi connectivity index (χ1v) is 11.7. The Labute approximate surface area is 197 Å². The third-order valence-corrected chi connectivity index (χ3v) is 6.10. The predicted octanol–water partition coefficient (Wildman–Crippen LogP) is 6.48. The van der Waals surface area contributed by atoms with Gasteiger partial charge < -0.3 is 9.30 Å². The maximum Gasteiger partial charge on any atom is 0.419 e. The van der Waals surface area contributed by atoms with Crippen molar-refractivity contribution < 1.29 is 31.5 Å². The number of amides is 1. The van der Waals surface area contributed by atoms with Crippen molar-refractivity contribution in [3.05, 3.63) is 45.7 Å². The third-order valence-electron chi connectivity index (χ3n) is 5.15. The Morgan fingerprint density at radius 2 is 1.88 bits per heavy atom. The molecule has 5 nitrogen and oxygen atoms in total. The number of ether oxygens (including phenoxy) is 1. The van der Waals surface area contributed by atoms with E-state index in [9.17, 15) is 26.7 Å². The molecule has 2 heterocycles. The van der Waals surface area contributed by atoms with Gasteiger partial charge in [-0.15, -0.1) is 0 Å². The van der Waals surface area contributed by atoms with Gasteiger partial charge in [-0.05, 0) is 51.5 Å². The van der Waals surface area contributed by atoms with Crippen LogP contribution in [0.15, 0.2) is 17.3 Å². The summed E-state index contributed by atoms with van der Waals surface area (Å²) in [5.41, 5.74) is -2.15. The Morgan fingerprint density at radius 3 is 2.45 bits per heavy atom. The zero-order valence-electron chi connectivity index (χ0n) is 18.4. The van der Waals surface area contributed by atoms with Crippen molar-refractivity contribution in [3.63, 3.8) is 0 Å². The molecule has 0 fully saturated rings. The van der Waals surface area contributed by atoms with Crippen LogP contribution in [-0.2, 0) is 23.9 Å². The second kappa shape index (κ2) is 9.32. The minimum atomic E-state index is -5.01. The van der Waals surface area contributed by atoms with Crippen LogP contribution in [-0.4, -0.2) is 38.9 Å². The number of aromatic nitrogens is 2. The minimum absolute atomic E-state index is 0.0696. The summed E-state index contributed by atoms with van der Waals surface area (Å²) in [6.45, 7) is 5.81. The van der Waals surface area contributed by atoms with Gasteiger partial charge in [0, 0.05) is 13.1 Å². The van der Waals surface area contributed by atoms with E-state index in [1.807, 2.05) is 10.8 Å². The van der Waals surface area contributed by atoms with Crippen LogP contribution < -0.4 is 0 Å². The van der Waals surface area contributed by atoms with E-state index in [0.717, 1.165) is 6.07 Å². The van der Waals surface area contributed by atoms with Gasteiger partial charge in [-0.1, -0.05) is 29.4 Å². The number of thioether (sulfide) groups is 1. The lowest BCUT2D eigenvalue weighted by molar-refractivity contribution is -0.140. The van der Waals surface area contributed by atoms with Crippen LogP contribution >= 0.6 is 23.4 Å². The molecule has 0 saturated heterocycles. The van der Waals surface area contributed by atoms with Crippen LogP contribution in [0.5, 0.6) is 0 Å². The zero-order chi connectivity index (χ0) is 24.7. The van der Waals surface area contributed by atoms with Crippen LogP contribution in [0.1, 0.15) is 50.1 Å². The molecule has 1 atom stereocenters. The fourth-order valence-electron chi connectivity index (χ4n) is 3.74. The maximum atomic E-state index is 14.4. The first-order chi connectivity index (χ1) is 15.2. The quantitative estimate of drug-likeness (QED) is 0.348. The molecule has 1 amide bonds. The number of nitrogens with zero attached hydrogens (tertiary/aromatic N) is 3. The molecule has 1 aliphatic heterocycles. The second-order valence-corrected chi connectivity index (χ2v) is 9.68. The molecule has 1 unspecified atom stereocenters. The van der Waals surface area contributed by atoms with Gasteiger partial charge in [0.1, 0.15) is 5.60 Å². The summed E-state index contributed by atoms with van der Waals surface area (Å²) in [6.07, 6.45) is -3.86. The number of benzene rings is 1. The normalized spacial score (nSPS) is 16.7. The molecule has 0 radical (unpaired) electrons. The van der Waals surface area contributed by atoms with E-state index in [1.165, 1.54) is 16.7 Å². The van der Waals surface area contributed by atoms with Crippen molar-refractivity contribution in [2.24, 2.45) is 0 Å². The van der Waals surface area contributed by atoms with E-state index in [1.54, 1.807) is 20.8 Å². The molecule has 1 aromatic heterocycles. The summed E-state index contributed by atoms with van der Waals surface area (Å²) in [5, 5.41) is 0.798. The SMILES string of the molecule is CSc1nc(Cl)c2n1CCN(C(=O)OC(C)(C)C)C2CCc1ccc(C(F)(F)F)c(F)c1F. The lowest BCUT2D eigenvalue weighted by atomic mass is 9.99. The van der Waals surface area contributed by atoms with Crippen molar-refractivity contribution in [3.8, 4) is 0 Å². The number of fused-ring (bicyclic) bond motifs is 1. The summed E-state index contributed by atoms with van der Waals surface area (Å²) in [7, 11) is 0. The van der Waals surface area contributed by atoms with Crippen LogP contribution in [0.25, 0.3) is 0 Å². The molecule has 0 aliphatic carbocycles. The van der Waals surface area contributed by atoms with E-state index < -0.39 is 41.1 Å². The highest BCUT2D eigenvalue weighted by Gasteiger charge is 2.38. The zero-order valence-corrected chi connectivity index (χ0v) is 20.0. The average molecular weight is 512 g/mol. The first kappa shape index (κ1) is 25.6. The molecule has 0 bridgehead atoms. The summed E-state index contributed by atoms with van der Waals surface area (Å²) in [4.78, 5) is 18.6. The number of hydrogen-bond donors (Lipinski definition) is 0. The highest BCUT2D eigenvalue weighted by molar-refractivity contribution is 7.98. The highest BCUT2D eigenvalue weighted by Crippen LogP contribution is 2.39. The fourth-order valence-corrected chi connectivity index (χ4v) is 4.69. The van der Waals surface area contributed by atoms with E-state index in [-0.39, 0.29) is 30.1 Å². The highest BCUT2D eigenvalue weighted by atomic mass is 35.5. The van der Waals surface area contributed by atoms with Crippen molar-refractivity contribution in [1.29, 1.82) is 0 Å². The second-order valence-electron chi connectivity index (χ2n) is 8.55. The van der Waals surface area contributed by atoms with Gasteiger partial charge in [0.15, 0.2) is 21.9 Å². The molecule has 1 aliphatic rings. The molecular weight excluding hydrogens is 489 g/mol. The van der Waals surface area contributed by atoms with E-state index in [4.69, 9.17) is 16.3 Å². The molecule has 1 aromatic carbocycles. The van der Waals surface area contributed by atoms with E-state index in [0.29, 0.717) is 23.5 Å². The van der Waals surface area contributed by atoms with Gasteiger partial charge in [-0.3, -0.25) is 4.90 Å². The Hall–Kier alpha value is -2.01. The number of carbonyl (C=O) groups is 1. The molecule has 0 N–H and O–H groups in total. The third kappa shape index (κ3) is 5.40. The van der Waals surface area contributed by atoms with Gasteiger partial charge in [0.05, 0.1) is 17.3 Å². The van der Waals surface area contributed by atoms with Crippen LogP contribution in [0.3, 0.4) is 0 Å². The predicted molar refractivity (Wildman–Crippen MR) is 114 cm³/mol. The molecule has 2 aromatic rings. The van der Waals surface area contributed by atoms with Crippen LogP contribution in [0.2, 0.25) is 5.15 Å². The first-order valence-electron chi connectivity index (χ1n) is 10.1. The molecule has 0 saturated carbocycles. The number of imidazole rings is 1. The number of aryl methyl sites for hydroxylation is 1. The Morgan fingerprint density at radius 1 is 1.21 bits per heavy atom. The van der Waals surface area contributed by atoms with Gasteiger partial charge in [0.2, 0.25) is 0 Å². The van der Waals surface area contributed by atoms with E-state index in [2.05, 4.69) is 4.98 Å². The van der Waals surface area contributed by atoms with Crippen molar-refractivity contribution in [2.75, 3.05) is 12.8 Å². The van der Waals surface area contributed by atoms with Crippen molar-refractivity contribution >= 4 is 29.5 Å². The van der Waals surface area contributed by atoms with Gasteiger partial charge in [-0.25, -0.2) is 18.6 Å². The summed E-state index contributed by atoms with van der Waals surface area (Å²) < 4.78 is 74.4. The van der Waals surface area contributed by atoms with Gasteiger partial charge >= 0.3 is 12.3 Å². The molecule has 0 spiro atoms. The molecule has 33 heavy (non-hydrogen) atoms. The molecule has 12 heteroatoms. The summed E-state index contributed by atoms with van der Waals surface area (Å²) in [5.74, 6) is -3.51. The number of carbonyl (C=O) groups excluding carboxylic acids is 1. The van der Waals surface area contributed by atoms with Gasteiger partial charge in [0.25, 0.3) is 0 Å². The number of alkyl halides is 3. The Balaban J connectivity index is 1.95. The lowest BCUT2D eigenvalue weighted by Gasteiger charge is -2.38. The fraction of sp³-hybridized carbons (Fsp3) is 0.524. The van der Waals surface area contributed by atoms with Crippen molar-refractivity contribution in [2.45, 2.75) is 63.1 Å². The Kier molecular flexibility index (Phi) is 7.24. The molecular formula is C21H23ClF5N3O2S. The number of halogens is 6. The average Bonchev–Trinajstić information content (AvgIpc) is 3.02. The van der Waals surface area contributed by atoms with Crippen LogP contribution in [0, 0.1) is 11.6 Å². The van der Waals surface area contributed by atoms with Gasteiger partial charge in [-0.2, -0.15) is 13.2 Å². The monoisotopic (exact) mass is 511 g/mol. The van der Waals surface area contributed by atoms with E-state index >= 15 is 0 Å². The Bertz CT molecular complexity index is 1050. The standard InChI is InChI=1S/C21H23ClF5N3O2S/c1-20(2,3)32-19(31)29-9-10-30-16(17(22)28-18(30)33-4)13(29)8-6-11-5-7-12(21(25,26)27)15(24)14(11)23/h5,7,13H,6,8-10H2,1-4H3. The largest absolute Gasteiger partial charge is 0.444 e. The summed E-state index contributed by atoms with van der Waals surface area (Å²) >= 11 is 7.73. The molecule has 182 valence electrons. The number of hydrogen-bond acceptors (Lipinski definition) is 4. The molecule has 3 rings (SSSR count). The summed E-state index contributed by atoms with van der Waals surface area (Å²) in [6, 6.07) is 0.733. The minimum Gasteiger partial charge on any atom is -0.444 e. The smallest absolute Gasteiger partial charge is 0.419 e. The number of rotatable bonds is 4. The van der Waals surface area contributed by atoms with Crippen molar-refractivity contribution in [1.82, 2.24) is 14.5 Å². The van der Waals surface area contributed by atoms with Crippen LogP contribution in [0.4, 0.5) is 26.7 Å². The topological polar surface area (TPSA) is 47.4 Å². The maximum absolute atomic E-state index is 14.4. The lowest BCUT2D eigenvalue weighted by Crippen LogP contribution is -2.45.